The first kappa shape index (κ1) is 12.4. The van der Waals surface area contributed by atoms with Crippen molar-refractivity contribution in [1.82, 2.24) is 0 Å². The van der Waals surface area contributed by atoms with E-state index in [-0.39, 0.29) is 0 Å². The molecule has 0 N–H and O–H groups in total. The monoisotopic (exact) mass is 258 g/mol. The summed E-state index contributed by atoms with van der Waals surface area (Å²) in [6.07, 6.45) is 0. The molecule has 1 atom stereocenters. The van der Waals surface area contributed by atoms with Gasteiger partial charge in [-0.25, -0.2) is 0 Å². The molecule has 86 valence electrons. The van der Waals surface area contributed by atoms with Crippen LogP contribution in [-0.4, -0.2) is 8.83 Å². The molecule has 1 unspecified atom stereocenters. The van der Waals surface area contributed by atoms with Gasteiger partial charge in [0.1, 0.15) is 0 Å². The molecule has 0 fully saturated rings. The number of halogens is 1. The van der Waals surface area contributed by atoms with Gasteiger partial charge in [-0.05, 0) is 36.1 Å². The van der Waals surface area contributed by atoms with Crippen LogP contribution < -0.4 is 0 Å². The molecule has 0 heterocycles. The van der Waals surface area contributed by atoms with Crippen molar-refractivity contribution in [3.8, 4) is 0 Å². The Morgan fingerprint density at radius 1 is 0.941 bits per heavy atom. The van der Waals surface area contributed by atoms with Crippen LogP contribution in [-0.2, 0) is 0 Å². The van der Waals surface area contributed by atoms with Gasteiger partial charge in [-0.15, -0.1) is 0 Å². The van der Waals surface area contributed by atoms with Crippen molar-refractivity contribution in [2.75, 3.05) is 0 Å². The molecule has 2 aromatic carbocycles. The summed E-state index contributed by atoms with van der Waals surface area (Å²) in [6.45, 7) is 4.33. The predicted molar refractivity (Wildman–Crippen MR) is 75.8 cm³/mol. The Morgan fingerprint density at radius 2 is 1.65 bits per heavy atom. The van der Waals surface area contributed by atoms with E-state index >= 15 is 0 Å². The van der Waals surface area contributed by atoms with E-state index in [0.29, 0.717) is 14.4 Å². The Bertz CT molecular complexity index is 494. The minimum absolute atomic E-state index is 0.317. The fourth-order valence-corrected chi connectivity index (χ4v) is 3.51. The Morgan fingerprint density at radius 3 is 2.29 bits per heavy atom. The number of benzene rings is 2. The molecule has 17 heavy (non-hydrogen) atoms. The fourth-order valence-electron chi connectivity index (χ4n) is 2.03. The van der Waals surface area contributed by atoms with Crippen molar-refractivity contribution in [2.45, 2.75) is 19.4 Å². The highest BCUT2D eigenvalue weighted by Crippen LogP contribution is 2.28. The first-order valence-electron chi connectivity index (χ1n) is 5.71. The van der Waals surface area contributed by atoms with Crippen LogP contribution in [0, 0.1) is 13.8 Å². The topological polar surface area (TPSA) is 0 Å². The van der Waals surface area contributed by atoms with E-state index in [0.717, 1.165) is 0 Å². The minimum Gasteiger partial charge on any atom is -0.170 e. The van der Waals surface area contributed by atoms with Gasteiger partial charge in [0.25, 0.3) is 0 Å². The molecule has 0 aromatic heterocycles. The molecule has 0 saturated carbocycles. The average Bonchev–Trinajstić information content (AvgIpc) is 2.37. The van der Waals surface area contributed by atoms with Gasteiger partial charge in [-0.2, -0.15) is 11.1 Å². The molecule has 2 heteroatoms. The van der Waals surface area contributed by atoms with Crippen molar-refractivity contribution in [3.63, 3.8) is 0 Å². The van der Waals surface area contributed by atoms with Crippen molar-refractivity contribution >= 4 is 19.9 Å². The summed E-state index contributed by atoms with van der Waals surface area (Å²) in [4.78, 5) is 0. The molecule has 0 aliphatic heterocycles. The fraction of sp³-hybridized carbons (Fsp3) is 0.200. The van der Waals surface area contributed by atoms with Crippen molar-refractivity contribution in [1.29, 1.82) is 0 Å². The molecular weight excluding hydrogens is 244 g/mol. The Hall–Kier alpha value is -1.05. The Kier molecular flexibility index (Phi) is 4.03. The Labute approximate surface area is 110 Å². The number of hydrogen-bond acceptors (Lipinski definition) is 0. The quantitative estimate of drug-likeness (QED) is 0.570. The van der Waals surface area contributed by atoms with Gasteiger partial charge < -0.3 is 0 Å². The van der Waals surface area contributed by atoms with Gasteiger partial charge in [-0.1, -0.05) is 48.5 Å². The van der Waals surface area contributed by atoms with Crippen LogP contribution in [0.1, 0.15) is 27.8 Å². The molecular formula is C15H15ClSi. The van der Waals surface area contributed by atoms with Gasteiger partial charge in [0.15, 0.2) is 8.83 Å². The maximum atomic E-state index is 6.19. The smallest absolute Gasteiger partial charge is 0.170 e. The molecule has 2 aromatic rings. The van der Waals surface area contributed by atoms with Crippen LogP contribution in [0.3, 0.4) is 0 Å². The van der Waals surface area contributed by atoms with E-state index in [2.05, 4.69) is 56.3 Å². The molecule has 0 amide bonds. The lowest BCUT2D eigenvalue weighted by molar-refractivity contribution is 1.09. The molecule has 0 spiro atoms. The van der Waals surface area contributed by atoms with E-state index in [4.69, 9.17) is 11.1 Å². The zero-order valence-electron chi connectivity index (χ0n) is 10.1. The van der Waals surface area contributed by atoms with Crippen LogP contribution in [0.25, 0.3) is 0 Å². The summed E-state index contributed by atoms with van der Waals surface area (Å²) in [5.74, 6) is 0. The van der Waals surface area contributed by atoms with Gasteiger partial charge in [-0.3, -0.25) is 0 Å². The predicted octanol–water partition coefficient (Wildman–Crippen LogP) is 4.25. The molecule has 0 aliphatic rings. The highest BCUT2D eigenvalue weighted by Gasteiger charge is 2.16. The van der Waals surface area contributed by atoms with Gasteiger partial charge in [0, 0.05) is 5.54 Å². The maximum absolute atomic E-state index is 6.19. The second-order valence-electron chi connectivity index (χ2n) is 4.24. The van der Waals surface area contributed by atoms with Crippen LogP contribution in [0.2, 0.25) is 0 Å². The molecule has 2 radical (unpaired) electrons. The lowest BCUT2D eigenvalue weighted by atomic mass is 9.97. The average molecular weight is 259 g/mol. The van der Waals surface area contributed by atoms with Crippen LogP contribution in [0.4, 0.5) is 0 Å². The SMILES string of the molecule is Cc1cccc(C([Si]Cl)c2ccccc2)c1C. The third-order valence-electron chi connectivity index (χ3n) is 3.20. The van der Waals surface area contributed by atoms with Crippen molar-refractivity contribution in [3.05, 3.63) is 70.8 Å². The second kappa shape index (κ2) is 5.52. The standard InChI is InChI=1S/C15H15ClSi/c1-11-7-6-10-14(12(11)2)15(17-16)13-8-4-3-5-9-13/h3-10,15H,1-2H3. The van der Waals surface area contributed by atoms with Gasteiger partial charge in [0.05, 0.1) is 0 Å². The van der Waals surface area contributed by atoms with E-state index in [1.54, 1.807) is 0 Å². The van der Waals surface area contributed by atoms with E-state index in [1.165, 1.54) is 22.3 Å². The highest BCUT2D eigenvalue weighted by atomic mass is 35.6. The number of aryl methyl sites for hydroxylation is 1. The summed E-state index contributed by atoms with van der Waals surface area (Å²) in [7, 11) is 0.369. The maximum Gasteiger partial charge on any atom is 0.184 e. The first-order valence-corrected chi connectivity index (χ1v) is 7.80. The van der Waals surface area contributed by atoms with Crippen LogP contribution in [0.5, 0.6) is 0 Å². The summed E-state index contributed by atoms with van der Waals surface area (Å²) in [6, 6.07) is 17.0. The normalized spacial score (nSPS) is 12.4. The van der Waals surface area contributed by atoms with Crippen molar-refractivity contribution in [2.24, 2.45) is 0 Å². The molecule has 0 aliphatic carbocycles. The molecule has 0 saturated heterocycles. The Balaban J connectivity index is 2.46. The number of hydrogen-bond donors (Lipinski definition) is 0. The van der Waals surface area contributed by atoms with E-state index < -0.39 is 0 Å². The van der Waals surface area contributed by atoms with Gasteiger partial charge >= 0.3 is 0 Å². The van der Waals surface area contributed by atoms with Crippen molar-refractivity contribution < 1.29 is 0 Å². The lowest BCUT2D eigenvalue weighted by Crippen LogP contribution is -2.08. The molecule has 0 nitrogen and oxygen atoms in total. The first-order chi connectivity index (χ1) is 8.24. The van der Waals surface area contributed by atoms with Crippen LogP contribution in [0.15, 0.2) is 48.5 Å². The highest BCUT2D eigenvalue weighted by molar-refractivity contribution is 6.94. The van der Waals surface area contributed by atoms with Crippen LogP contribution >= 0.6 is 11.1 Å². The van der Waals surface area contributed by atoms with Gasteiger partial charge in [0.2, 0.25) is 0 Å². The number of rotatable bonds is 3. The zero-order chi connectivity index (χ0) is 12.3. The minimum atomic E-state index is 0.317. The molecule has 2 rings (SSSR count). The summed E-state index contributed by atoms with van der Waals surface area (Å²) < 4.78 is 0. The molecule has 0 bridgehead atoms. The summed E-state index contributed by atoms with van der Waals surface area (Å²) >= 11 is 6.19. The third-order valence-corrected chi connectivity index (χ3v) is 4.72. The second-order valence-corrected chi connectivity index (χ2v) is 5.69. The van der Waals surface area contributed by atoms with E-state index in [1.807, 2.05) is 6.07 Å². The zero-order valence-corrected chi connectivity index (χ0v) is 11.8. The lowest BCUT2D eigenvalue weighted by Gasteiger charge is -2.17. The summed E-state index contributed by atoms with van der Waals surface area (Å²) in [5.41, 5.74) is 5.66. The summed E-state index contributed by atoms with van der Waals surface area (Å²) in [5, 5.41) is 0. The van der Waals surface area contributed by atoms with E-state index in [9.17, 15) is 0 Å². The third kappa shape index (κ3) is 2.62. The largest absolute Gasteiger partial charge is 0.184 e.